The van der Waals surface area contributed by atoms with Crippen LogP contribution in [0.2, 0.25) is 0 Å². The maximum absolute atomic E-state index is 13.2. The first-order chi connectivity index (χ1) is 17.4. The number of amides is 3. The topological polar surface area (TPSA) is 204 Å². The average molecular weight is 538 g/mol. The zero-order chi connectivity index (χ0) is 27.2. The fraction of sp³-hybridized carbons (Fsp3) is 0.696. The molecule has 0 bridgehead atoms. The lowest BCUT2D eigenvalue weighted by Crippen LogP contribution is -2.63. The number of carbonyl (C=O) groups excluding carboxylic acids is 3. The van der Waals surface area contributed by atoms with E-state index >= 15 is 0 Å². The van der Waals surface area contributed by atoms with Crippen molar-refractivity contribution in [2.75, 3.05) is 19.6 Å². The lowest BCUT2D eigenvalue weighted by Gasteiger charge is -2.46. The van der Waals surface area contributed by atoms with E-state index in [1.165, 1.54) is 16.7 Å². The molecule has 14 heteroatoms. The van der Waals surface area contributed by atoms with Crippen LogP contribution in [0.1, 0.15) is 33.6 Å². The predicted octanol–water partition coefficient (Wildman–Crippen LogP) is -2.02. The van der Waals surface area contributed by atoms with Crippen LogP contribution in [0.5, 0.6) is 0 Å². The maximum Gasteiger partial charge on any atom is 0.353 e. The Labute approximate surface area is 219 Å². The number of guanidine groups is 1. The number of aliphatic carboxylic acids is 1. The van der Waals surface area contributed by atoms with Gasteiger partial charge in [0.1, 0.15) is 11.7 Å². The van der Waals surface area contributed by atoms with Crippen LogP contribution < -0.4 is 22.1 Å². The first-order valence-corrected chi connectivity index (χ1v) is 13.3. The Bertz CT molecular complexity index is 1040. The van der Waals surface area contributed by atoms with Crippen LogP contribution in [0.15, 0.2) is 15.6 Å². The Hall–Kier alpha value is -2.84. The minimum atomic E-state index is -1.16. The summed E-state index contributed by atoms with van der Waals surface area (Å²) in [5.74, 6) is -2.87. The van der Waals surface area contributed by atoms with Gasteiger partial charge in [0.15, 0.2) is 5.96 Å². The molecular formula is C23H35N7O6S. The summed E-state index contributed by atoms with van der Waals surface area (Å²) in [5, 5.41) is 25.9. The van der Waals surface area contributed by atoms with Gasteiger partial charge >= 0.3 is 5.97 Å². The number of hydrogen-bond donors (Lipinski definition) is 6. The van der Waals surface area contributed by atoms with Gasteiger partial charge in [0, 0.05) is 41.7 Å². The maximum atomic E-state index is 13.2. The number of aliphatic hydroxyl groups is 1. The molecule has 3 saturated heterocycles. The van der Waals surface area contributed by atoms with Gasteiger partial charge in [-0.25, -0.2) is 9.79 Å². The molecule has 13 nitrogen and oxygen atoms in total. The van der Waals surface area contributed by atoms with E-state index in [2.05, 4.69) is 15.6 Å². The standard InChI is InChI=1S/C23H35N7O6S/c1-9-16-15(11(3)31)21(34)30(16)17(22(35)36)18(9)37-13-6-14(26-7-13)20(33)29-5-4-12(8-29)28-19(32)10(2)27-23(24)25/h9-16,26,31H,4-8H2,1-3H3,(H,28,32)(H,35,36)(H4,24,25,27)/t9-,10-,11-,12+,13+,14+,15-,16-/m1/s1. The molecule has 0 radical (unpaired) electrons. The van der Waals surface area contributed by atoms with Gasteiger partial charge in [0.05, 0.1) is 24.1 Å². The summed E-state index contributed by atoms with van der Waals surface area (Å²) in [7, 11) is 0. The van der Waals surface area contributed by atoms with Crippen LogP contribution in [0, 0.1) is 11.8 Å². The molecule has 0 aromatic heterocycles. The van der Waals surface area contributed by atoms with E-state index in [0.717, 1.165) is 0 Å². The van der Waals surface area contributed by atoms with Crippen molar-refractivity contribution in [3.8, 4) is 0 Å². The van der Waals surface area contributed by atoms with Crippen LogP contribution >= 0.6 is 11.8 Å². The number of fused-ring (bicyclic) bond motifs is 1. The van der Waals surface area contributed by atoms with Crippen molar-refractivity contribution in [2.24, 2.45) is 28.3 Å². The third-order valence-corrected chi connectivity index (χ3v) is 9.07. The number of β-lactam (4-membered cyclic amide) rings is 1. The zero-order valence-corrected chi connectivity index (χ0v) is 21.9. The molecule has 0 unspecified atom stereocenters. The molecule has 0 aromatic rings. The van der Waals surface area contributed by atoms with E-state index in [0.29, 0.717) is 37.4 Å². The molecule has 8 atom stereocenters. The SMILES string of the molecule is C[C@@H](N=C(N)N)C(=O)N[C@H]1CCN(C(=O)[C@@H]2C[C@H](SC3=C(C(=O)O)N4C(=O)[C@H]([C@@H](C)O)[C@H]4[C@H]3C)CN2)C1. The third-order valence-electron chi connectivity index (χ3n) is 7.56. The van der Waals surface area contributed by atoms with Gasteiger partial charge in [-0.1, -0.05) is 6.92 Å². The number of aliphatic hydroxyl groups excluding tert-OH is 1. The highest BCUT2D eigenvalue weighted by Crippen LogP contribution is 2.51. The molecule has 4 rings (SSSR count). The number of rotatable bonds is 8. The summed E-state index contributed by atoms with van der Waals surface area (Å²) in [6, 6.07) is -1.68. The first-order valence-electron chi connectivity index (χ1n) is 12.5. The Morgan fingerprint density at radius 2 is 1.97 bits per heavy atom. The second-order valence-corrected chi connectivity index (χ2v) is 11.6. The minimum absolute atomic E-state index is 0.00717. The molecule has 8 N–H and O–H groups in total. The highest BCUT2D eigenvalue weighted by Gasteiger charge is 2.60. The largest absolute Gasteiger partial charge is 0.477 e. The molecule has 4 heterocycles. The Morgan fingerprint density at radius 1 is 1.27 bits per heavy atom. The zero-order valence-electron chi connectivity index (χ0n) is 21.1. The lowest BCUT2D eigenvalue weighted by molar-refractivity contribution is -0.163. The van der Waals surface area contributed by atoms with E-state index in [4.69, 9.17) is 11.5 Å². The molecule has 0 aromatic carbocycles. The highest BCUT2D eigenvalue weighted by atomic mass is 32.2. The number of hydrogen-bond acceptors (Lipinski definition) is 8. The molecule has 3 fully saturated rings. The van der Waals surface area contributed by atoms with E-state index in [9.17, 15) is 29.4 Å². The van der Waals surface area contributed by atoms with Gasteiger partial charge in [-0.2, -0.15) is 0 Å². The van der Waals surface area contributed by atoms with E-state index in [1.54, 1.807) is 18.7 Å². The van der Waals surface area contributed by atoms with Crippen molar-refractivity contribution in [1.29, 1.82) is 0 Å². The number of nitrogens with zero attached hydrogens (tertiary/aromatic N) is 3. The number of nitrogens with two attached hydrogens (primary N) is 2. The monoisotopic (exact) mass is 537 g/mol. The fourth-order valence-electron chi connectivity index (χ4n) is 5.74. The summed E-state index contributed by atoms with van der Waals surface area (Å²) in [6.07, 6.45) is 0.286. The van der Waals surface area contributed by atoms with Gasteiger partial charge in [-0.15, -0.1) is 11.8 Å². The number of carboxylic acids is 1. The molecule has 204 valence electrons. The Kier molecular flexibility index (Phi) is 7.72. The summed E-state index contributed by atoms with van der Waals surface area (Å²) in [6.45, 7) is 6.45. The van der Waals surface area contributed by atoms with E-state index in [1.807, 2.05) is 6.92 Å². The number of likely N-dealkylation sites (tertiary alicyclic amines) is 1. The molecule has 0 aliphatic carbocycles. The summed E-state index contributed by atoms with van der Waals surface area (Å²) in [5.41, 5.74) is 10.7. The van der Waals surface area contributed by atoms with E-state index < -0.39 is 30.1 Å². The third kappa shape index (κ3) is 5.14. The quantitative estimate of drug-likeness (QED) is 0.114. The minimum Gasteiger partial charge on any atom is -0.477 e. The second kappa shape index (κ2) is 10.5. The molecule has 0 saturated carbocycles. The number of thioether (sulfide) groups is 1. The van der Waals surface area contributed by atoms with Crippen molar-refractivity contribution >= 4 is 41.4 Å². The normalized spacial score (nSPS) is 32.6. The predicted molar refractivity (Wildman–Crippen MR) is 136 cm³/mol. The molecular weight excluding hydrogens is 502 g/mol. The average Bonchev–Trinajstić information content (AvgIpc) is 3.51. The molecule has 3 amide bonds. The summed E-state index contributed by atoms with van der Waals surface area (Å²) >= 11 is 1.40. The van der Waals surface area contributed by atoms with Crippen molar-refractivity contribution in [2.45, 2.75) is 69.1 Å². The number of nitrogens with one attached hydrogen (secondary N) is 2. The van der Waals surface area contributed by atoms with Gasteiger partial charge in [0.25, 0.3) is 0 Å². The van der Waals surface area contributed by atoms with Crippen molar-refractivity contribution < 1.29 is 29.4 Å². The van der Waals surface area contributed by atoms with Crippen LogP contribution in [0.4, 0.5) is 0 Å². The van der Waals surface area contributed by atoms with Crippen molar-refractivity contribution in [1.82, 2.24) is 20.4 Å². The summed E-state index contributed by atoms with van der Waals surface area (Å²) in [4.78, 5) is 57.5. The van der Waals surface area contributed by atoms with Crippen LogP contribution in [0.3, 0.4) is 0 Å². The molecule has 4 aliphatic rings. The van der Waals surface area contributed by atoms with Gasteiger partial charge in [0.2, 0.25) is 17.7 Å². The van der Waals surface area contributed by atoms with Crippen molar-refractivity contribution in [3.05, 3.63) is 10.6 Å². The molecule has 4 aliphatic heterocycles. The van der Waals surface area contributed by atoms with Gasteiger partial charge in [-0.05, 0) is 26.7 Å². The van der Waals surface area contributed by atoms with Crippen LogP contribution in [0.25, 0.3) is 0 Å². The van der Waals surface area contributed by atoms with Gasteiger partial charge in [-0.3, -0.25) is 14.4 Å². The molecule has 37 heavy (non-hydrogen) atoms. The highest BCUT2D eigenvalue weighted by molar-refractivity contribution is 8.03. The van der Waals surface area contributed by atoms with E-state index in [-0.39, 0.29) is 52.6 Å². The van der Waals surface area contributed by atoms with Crippen LogP contribution in [-0.2, 0) is 19.2 Å². The number of carboxylic acid groups (broad SMARTS) is 1. The van der Waals surface area contributed by atoms with Crippen LogP contribution in [-0.4, -0.2) is 105 Å². The fourth-order valence-corrected chi connectivity index (χ4v) is 7.22. The number of aliphatic imine (C=N–C) groups is 1. The second-order valence-electron chi connectivity index (χ2n) is 10.2. The Balaban J connectivity index is 1.34. The van der Waals surface area contributed by atoms with Crippen molar-refractivity contribution in [3.63, 3.8) is 0 Å². The number of carbonyl (C=O) groups is 4. The smallest absolute Gasteiger partial charge is 0.353 e. The molecule has 0 spiro atoms. The Morgan fingerprint density at radius 3 is 2.59 bits per heavy atom. The van der Waals surface area contributed by atoms with Gasteiger partial charge < -0.3 is 42.1 Å². The first kappa shape index (κ1) is 27.2. The summed E-state index contributed by atoms with van der Waals surface area (Å²) < 4.78 is 0. The lowest BCUT2D eigenvalue weighted by atomic mass is 9.79.